The number of nitrogens with one attached hydrogen (secondary N) is 1. The summed E-state index contributed by atoms with van der Waals surface area (Å²) in [5.74, 6) is -0.660. The Morgan fingerprint density at radius 1 is 1.44 bits per heavy atom. The van der Waals surface area contributed by atoms with E-state index >= 15 is 0 Å². The van der Waals surface area contributed by atoms with Crippen LogP contribution >= 0.6 is 11.6 Å². The van der Waals surface area contributed by atoms with Crippen molar-refractivity contribution in [1.29, 1.82) is 0 Å². The number of rotatable bonds is 4. The van der Waals surface area contributed by atoms with Gasteiger partial charge in [0.2, 0.25) is 10.0 Å². The molecule has 0 aliphatic rings. The lowest BCUT2D eigenvalue weighted by Crippen LogP contribution is -2.25. The van der Waals surface area contributed by atoms with Crippen LogP contribution in [0.5, 0.6) is 0 Å². The summed E-state index contributed by atoms with van der Waals surface area (Å²) < 4.78 is 39.0. The lowest BCUT2D eigenvalue weighted by Gasteiger charge is -2.09. The van der Waals surface area contributed by atoms with E-state index in [0.717, 1.165) is 12.1 Å². The first-order valence-electron chi connectivity index (χ1n) is 4.83. The molecular formula is C10H13ClFNO2S. The van der Waals surface area contributed by atoms with Crippen LogP contribution in [0.2, 0.25) is 5.02 Å². The van der Waals surface area contributed by atoms with Crippen LogP contribution < -0.4 is 4.72 Å². The maximum atomic E-state index is 13.1. The van der Waals surface area contributed by atoms with Crippen LogP contribution in [0.4, 0.5) is 4.39 Å². The van der Waals surface area contributed by atoms with Gasteiger partial charge in [0.1, 0.15) is 5.82 Å². The molecule has 3 nitrogen and oxygen atoms in total. The lowest BCUT2D eigenvalue weighted by atomic mass is 10.2. The zero-order valence-corrected chi connectivity index (χ0v) is 10.6. The van der Waals surface area contributed by atoms with Gasteiger partial charge in [-0.15, -0.1) is 0 Å². The number of sulfonamides is 1. The Kier molecular flexibility index (Phi) is 4.29. The van der Waals surface area contributed by atoms with Crippen molar-refractivity contribution >= 4 is 21.6 Å². The molecule has 90 valence electrons. The summed E-state index contributed by atoms with van der Waals surface area (Å²) >= 11 is 5.73. The minimum Gasteiger partial charge on any atom is -0.211 e. The Balaban J connectivity index is 3.22. The quantitative estimate of drug-likeness (QED) is 0.909. The average molecular weight is 266 g/mol. The fraction of sp³-hybridized carbons (Fsp3) is 0.400. The van der Waals surface area contributed by atoms with Crippen LogP contribution in [0.15, 0.2) is 17.0 Å². The molecule has 0 spiro atoms. The highest BCUT2D eigenvalue weighted by molar-refractivity contribution is 7.89. The molecule has 0 fully saturated rings. The maximum absolute atomic E-state index is 13.1. The zero-order chi connectivity index (χ0) is 12.3. The molecule has 0 unspecified atom stereocenters. The molecule has 0 aliphatic carbocycles. The average Bonchev–Trinajstić information content (AvgIpc) is 2.20. The van der Waals surface area contributed by atoms with Crippen molar-refractivity contribution in [3.8, 4) is 0 Å². The molecule has 1 N–H and O–H groups in total. The molecule has 0 aromatic heterocycles. The van der Waals surface area contributed by atoms with Gasteiger partial charge in [0.25, 0.3) is 0 Å². The summed E-state index contributed by atoms with van der Waals surface area (Å²) in [6, 6.07) is 2.06. The van der Waals surface area contributed by atoms with E-state index < -0.39 is 15.8 Å². The van der Waals surface area contributed by atoms with Crippen LogP contribution in [-0.2, 0) is 10.0 Å². The van der Waals surface area contributed by atoms with Crippen LogP contribution in [-0.4, -0.2) is 15.0 Å². The van der Waals surface area contributed by atoms with Crippen molar-refractivity contribution in [3.05, 3.63) is 28.5 Å². The van der Waals surface area contributed by atoms with Crippen molar-refractivity contribution in [1.82, 2.24) is 4.72 Å². The van der Waals surface area contributed by atoms with Crippen LogP contribution in [0.3, 0.4) is 0 Å². The van der Waals surface area contributed by atoms with Gasteiger partial charge in [0, 0.05) is 11.6 Å². The monoisotopic (exact) mass is 265 g/mol. The molecule has 6 heteroatoms. The van der Waals surface area contributed by atoms with E-state index in [1.807, 2.05) is 6.92 Å². The molecule has 0 radical (unpaired) electrons. The molecule has 1 aromatic carbocycles. The first-order chi connectivity index (χ1) is 7.38. The Morgan fingerprint density at radius 3 is 2.62 bits per heavy atom. The van der Waals surface area contributed by atoms with E-state index in [1.54, 1.807) is 6.92 Å². The predicted molar refractivity (Wildman–Crippen MR) is 61.6 cm³/mol. The summed E-state index contributed by atoms with van der Waals surface area (Å²) in [4.78, 5) is -0.106. The number of hydrogen-bond donors (Lipinski definition) is 1. The molecule has 1 rings (SSSR count). The summed E-state index contributed by atoms with van der Waals surface area (Å²) in [6.07, 6.45) is 0.668. The van der Waals surface area contributed by atoms with Gasteiger partial charge in [0.15, 0.2) is 0 Å². The Morgan fingerprint density at radius 2 is 2.06 bits per heavy atom. The zero-order valence-electron chi connectivity index (χ0n) is 9.05. The Bertz CT molecular complexity index is 488. The van der Waals surface area contributed by atoms with Crippen molar-refractivity contribution in [2.75, 3.05) is 6.54 Å². The van der Waals surface area contributed by atoms with E-state index in [9.17, 15) is 12.8 Å². The number of hydrogen-bond acceptors (Lipinski definition) is 2. The van der Waals surface area contributed by atoms with Gasteiger partial charge in [-0.25, -0.2) is 17.5 Å². The summed E-state index contributed by atoms with van der Waals surface area (Å²) in [7, 11) is -3.67. The molecule has 0 heterocycles. The fourth-order valence-corrected chi connectivity index (χ4v) is 2.89. The lowest BCUT2D eigenvalue weighted by molar-refractivity contribution is 0.576. The third kappa shape index (κ3) is 2.93. The third-order valence-corrected chi connectivity index (χ3v) is 4.07. The second-order valence-corrected chi connectivity index (χ2v) is 5.55. The molecule has 16 heavy (non-hydrogen) atoms. The summed E-state index contributed by atoms with van der Waals surface area (Å²) in [5, 5.41) is 0.108. The van der Waals surface area contributed by atoms with Crippen LogP contribution in [0.25, 0.3) is 0 Å². The van der Waals surface area contributed by atoms with Gasteiger partial charge >= 0.3 is 0 Å². The molecule has 0 saturated carbocycles. The van der Waals surface area contributed by atoms with Gasteiger partial charge in [0.05, 0.1) is 4.90 Å². The predicted octanol–water partition coefficient (Wildman–Crippen LogP) is 2.48. The minimum absolute atomic E-state index is 0.106. The van der Waals surface area contributed by atoms with Crippen molar-refractivity contribution in [2.45, 2.75) is 25.2 Å². The molecule has 1 aromatic rings. The SMILES string of the molecule is CCCNS(=O)(=O)c1cc(F)cc(Cl)c1C. The Labute approximate surface area is 99.7 Å². The van der Waals surface area contributed by atoms with Crippen molar-refractivity contribution < 1.29 is 12.8 Å². The molecule has 0 bridgehead atoms. The van der Waals surface area contributed by atoms with Gasteiger partial charge in [-0.1, -0.05) is 18.5 Å². The molecular weight excluding hydrogens is 253 g/mol. The highest BCUT2D eigenvalue weighted by atomic mass is 35.5. The van der Waals surface area contributed by atoms with E-state index in [1.165, 1.54) is 0 Å². The first-order valence-corrected chi connectivity index (χ1v) is 6.70. The van der Waals surface area contributed by atoms with Crippen molar-refractivity contribution in [3.63, 3.8) is 0 Å². The fourth-order valence-electron chi connectivity index (χ4n) is 1.22. The highest BCUT2D eigenvalue weighted by Crippen LogP contribution is 2.24. The van der Waals surface area contributed by atoms with Gasteiger partial charge in [-0.05, 0) is 31.0 Å². The Hall–Kier alpha value is -0.650. The number of halogens is 2. The van der Waals surface area contributed by atoms with E-state index in [0.29, 0.717) is 18.5 Å². The largest absolute Gasteiger partial charge is 0.240 e. The van der Waals surface area contributed by atoms with Crippen LogP contribution in [0.1, 0.15) is 18.9 Å². The topological polar surface area (TPSA) is 46.2 Å². The standard InChI is InChI=1S/C10H13ClFNO2S/c1-3-4-13-16(14,15)10-6-8(12)5-9(11)7(10)2/h5-6,13H,3-4H2,1-2H3. The molecule has 0 saturated heterocycles. The molecule has 0 aliphatic heterocycles. The van der Waals surface area contributed by atoms with Crippen molar-refractivity contribution in [2.24, 2.45) is 0 Å². The summed E-state index contributed by atoms with van der Waals surface area (Å²) in [6.45, 7) is 3.70. The smallest absolute Gasteiger partial charge is 0.211 e. The highest BCUT2D eigenvalue weighted by Gasteiger charge is 2.18. The van der Waals surface area contributed by atoms with E-state index in [4.69, 9.17) is 11.6 Å². The third-order valence-electron chi connectivity index (χ3n) is 2.09. The maximum Gasteiger partial charge on any atom is 0.240 e. The van der Waals surface area contributed by atoms with Gasteiger partial charge < -0.3 is 0 Å². The van der Waals surface area contributed by atoms with E-state index in [2.05, 4.69) is 4.72 Å². The van der Waals surface area contributed by atoms with Gasteiger partial charge in [-0.3, -0.25) is 0 Å². The van der Waals surface area contributed by atoms with Gasteiger partial charge in [-0.2, -0.15) is 0 Å². The van der Waals surface area contributed by atoms with E-state index in [-0.39, 0.29) is 9.92 Å². The molecule has 0 atom stereocenters. The second-order valence-electron chi connectivity index (χ2n) is 3.41. The first kappa shape index (κ1) is 13.4. The molecule has 0 amide bonds. The summed E-state index contributed by atoms with van der Waals surface area (Å²) in [5.41, 5.74) is 0.353. The minimum atomic E-state index is -3.67. The van der Waals surface area contributed by atoms with Crippen LogP contribution in [0, 0.1) is 12.7 Å². The number of benzene rings is 1. The normalized spacial score (nSPS) is 11.8. The second kappa shape index (κ2) is 5.12.